The summed E-state index contributed by atoms with van der Waals surface area (Å²) in [5.41, 5.74) is -0.211. The smallest absolute Gasteiger partial charge is 0.410 e. The first-order chi connectivity index (χ1) is 9.04. The maximum absolute atomic E-state index is 10.6. The molecule has 1 aromatic heterocycles. The third-order valence-corrected chi connectivity index (χ3v) is 2.69. The zero-order chi connectivity index (χ0) is 14.3. The van der Waals surface area contributed by atoms with Crippen molar-refractivity contribution < 1.29 is 9.53 Å². The highest BCUT2D eigenvalue weighted by atomic mass is 79.9. The Morgan fingerprint density at radius 1 is 1.42 bits per heavy atom. The average Bonchev–Trinajstić information content (AvgIpc) is 2.72. The van der Waals surface area contributed by atoms with E-state index in [2.05, 4.69) is 31.4 Å². The van der Waals surface area contributed by atoms with E-state index in [1.807, 2.05) is 6.07 Å². The van der Waals surface area contributed by atoms with E-state index in [-0.39, 0.29) is 5.69 Å². The zero-order valence-electron chi connectivity index (χ0n) is 10.4. The lowest BCUT2D eigenvalue weighted by Gasteiger charge is -2.00. The second-order valence-electron chi connectivity index (χ2n) is 3.31. The first-order valence-electron chi connectivity index (χ1n) is 5.26. The fraction of sp³-hybridized carbons (Fsp3) is 0.182. The van der Waals surface area contributed by atoms with Crippen LogP contribution in [0, 0.1) is 0 Å². The number of aromatic nitrogens is 3. The van der Waals surface area contributed by atoms with Crippen molar-refractivity contribution in [3.8, 4) is 5.75 Å². The van der Waals surface area contributed by atoms with Gasteiger partial charge in [-0.1, -0.05) is 18.2 Å². The fourth-order valence-electron chi connectivity index (χ4n) is 0.974. The summed E-state index contributed by atoms with van der Waals surface area (Å²) in [5.74, 6) is 0.548. The van der Waals surface area contributed by atoms with Crippen LogP contribution in [0.4, 0.5) is 4.79 Å². The molecule has 0 spiro atoms. The number of halogens is 1. The number of carbonyl (C=O) groups excluding carboxylic acids is 1. The number of para-hydroxylation sites is 1. The molecule has 0 aliphatic heterocycles. The standard InChI is InChI=1S/C8H9NO2.C3H4BrN3O/c1-9-8(10)11-7-5-3-2-4-6-7;1-7-2(4)5-6-3(7)8/h2-6H,1H3,(H,9,10);1H3,(H,6,8). The molecule has 1 amide bonds. The van der Waals surface area contributed by atoms with E-state index in [0.29, 0.717) is 10.5 Å². The zero-order valence-corrected chi connectivity index (χ0v) is 12.0. The first-order valence-corrected chi connectivity index (χ1v) is 6.05. The molecule has 0 atom stereocenters. The lowest BCUT2D eigenvalue weighted by molar-refractivity contribution is 0.203. The predicted molar refractivity (Wildman–Crippen MR) is 73.1 cm³/mol. The van der Waals surface area contributed by atoms with Crippen LogP contribution in [0.2, 0.25) is 0 Å². The van der Waals surface area contributed by atoms with Crippen LogP contribution in [-0.4, -0.2) is 27.9 Å². The molecule has 8 heteroatoms. The Morgan fingerprint density at radius 3 is 2.42 bits per heavy atom. The summed E-state index contributed by atoms with van der Waals surface area (Å²) in [6.45, 7) is 0. The summed E-state index contributed by atoms with van der Waals surface area (Å²) in [7, 11) is 3.14. The van der Waals surface area contributed by atoms with Crippen molar-refractivity contribution in [1.29, 1.82) is 0 Å². The van der Waals surface area contributed by atoms with Gasteiger partial charge in [-0.2, -0.15) is 0 Å². The van der Waals surface area contributed by atoms with Gasteiger partial charge in [-0.25, -0.2) is 14.7 Å². The number of nitrogens with one attached hydrogen (secondary N) is 2. The van der Waals surface area contributed by atoms with E-state index in [9.17, 15) is 9.59 Å². The van der Waals surface area contributed by atoms with Gasteiger partial charge in [0.15, 0.2) is 4.73 Å². The van der Waals surface area contributed by atoms with Crippen LogP contribution in [-0.2, 0) is 7.05 Å². The topological polar surface area (TPSA) is 89.0 Å². The molecule has 0 fully saturated rings. The van der Waals surface area contributed by atoms with Crippen LogP contribution in [0.15, 0.2) is 39.9 Å². The van der Waals surface area contributed by atoms with Gasteiger partial charge in [-0.3, -0.25) is 4.57 Å². The maximum Gasteiger partial charge on any atom is 0.412 e. The van der Waals surface area contributed by atoms with Crippen molar-refractivity contribution in [2.24, 2.45) is 7.05 Å². The molecule has 2 rings (SSSR count). The van der Waals surface area contributed by atoms with Crippen molar-refractivity contribution in [2.75, 3.05) is 7.05 Å². The van der Waals surface area contributed by atoms with Gasteiger partial charge in [0.2, 0.25) is 0 Å². The molecule has 1 aromatic carbocycles. The van der Waals surface area contributed by atoms with Crippen LogP contribution in [0.3, 0.4) is 0 Å². The monoisotopic (exact) mass is 328 g/mol. The first kappa shape index (κ1) is 15.0. The largest absolute Gasteiger partial charge is 0.412 e. The number of rotatable bonds is 1. The highest BCUT2D eigenvalue weighted by molar-refractivity contribution is 9.10. The number of nitrogens with zero attached hydrogens (tertiary/aromatic N) is 2. The maximum atomic E-state index is 10.6. The molecular weight excluding hydrogens is 316 g/mol. The highest BCUT2D eigenvalue weighted by Crippen LogP contribution is 2.07. The molecule has 0 radical (unpaired) electrons. The second-order valence-corrected chi connectivity index (χ2v) is 4.02. The van der Waals surface area contributed by atoms with Crippen LogP contribution in [0.25, 0.3) is 0 Å². The molecule has 0 bridgehead atoms. The summed E-state index contributed by atoms with van der Waals surface area (Å²) in [4.78, 5) is 21.1. The Kier molecular flexibility index (Phi) is 5.80. The Balaban J connectivity index is 0.000000200. The van der Waals surface area contributed by atoms with Gasteiger partial charge in [-0.05, 0) is 28.1 Å². The lowest BCUT2D eigenvalue weighted by atomic mass is 10.3. The van der Waals surface area contributed by atoms with Crippen molar-refractivity contribution in [3.63, 3.8) is 0 Å². The predicted octanol–water partition coefficient (Wildman–Crippen LogP) is 1.28. The van der Waals surface area contributed by atoms with Crippen LogP contribution < -0.4 is 15.7 Å². The average molecular weight is 329 g/mol. The Hall–Kier alpha value is -2.09. The summed E-state index contributed by atoms with van der Waals surface area (Å²) in [6, 6.07) is 8.90. The van der Waals surface area contributed by atoms with Gasteiger partial charge >= 0.3 is 11.8 Å². The van der Waals surface area contributed by atoms with Crippen molar-refractivity contribution in [3.05, 3.63) is 45.5 Å². The Morgan fingerprint density at radius 2 is 2.05 bits per heavy atom. The number of benzene rings is 1. The minimum atomic E-state index is -0.448. The third kappa shape index (κ3) is 4.96. The summed E-state index contributed by atoms with van der Waals surface area (Å²) < 4.78 is 6.69. The minimum Gasteiger partial charge on any atom is -0.410 e. The lowest BCUT2D eigenvalue weighted by Crippen LogP contribution is -2.21. The van der Waals surface area contributed by atoms with E-state index in [0.717, 1.165) is 0 Å². The van der Waals surface area contributed by atoms with Gasteiger partial charge in [-0.15, -0.1) is 5.10 Å². The highest BCUT2D eigenvalue weighted by Gasteiger charge is 1.97. The number of amides is 1. The van der Waals surface area contributed by atoms with Crippen molar-refractivity contribution in [2.45, 2.75) is 0 Å². The minimum absolute atomic E-state index is 0.211. The van der Waals surface area contributed by atoms with Gasteiger partial charge in [0.1, 0.15) is 5.75 Å². The molecule has 0 saturated heterocycles. The number of aromatic amines is 1. The Labute approximate surface area is 117 Å². The molecule has 19 heavy (non-hydrogen) atoms. The normalized spacial score (nSPS) is 9.21. The molecule has 0 aliphatic rings. The van der Waals surface area contributed by atoms with Crippen molar-refractivity contribution >= 4 is 22.0 Å². The molecule has 2 N–H and O–H groups in total. The van der Waals surface area contributed by atoms with Gasteiger partial charge < -0.3 is 10.1 Å². The third-order valence-electron chi connectivity index (χ3n) is 1.98. The summed E-state index contributed by atoms with van der Waals surface area (Å²) >= 11 is 3.04. The van der Waals surface area contributed by atoms with E-state index in [1.165, 1.54) is 11.6 Å². The SMILES string of the molecule is CNC(=O)Oc1ccccc1.Cn1c(Br)n[nH]c1=O. The Bertz CT molecular complexity index is 579. The summed E-state index contributed by atoms with van der Waals surface area (Å²) in [5, 5.41) is 8.16. The van der Waals surface area contributed by atoms with Gasteiger partial charge in [0.05, 0.1) is 0 Å². The van der Waals surface area contributed by atoms with E-state index < -0.39 is 6.09 Å². The molecule has 0 saturated carbocycles. The number of hydrogen-bond donors (Lipinski definition) is 2. The molecule has 0 unspecified atom stereocenters. The van der Waals surface area contributed by atoms with E-state index in [4.69, 9.17) is 4.74 Å². The molecule has 102 valence electrons. The quantitative estimate of drug-likeness (QED) is 0.825. The number of ether oxygens (including phenoxy) is 1. The van der Waals surface area contributed by atoms with Crippen LogP contribution in [0.1, 0.15) is 0 Å². The molecule has 0 aliphatic carbocycles. The van der Waals surface area contributed by atoms with E-state index in [1.54, 1.807) is 31.3 Å². The van der Waals surface area contributed by atoms with Gasteiger partial charge in [0, 0.05) is 14.1 Å². The van der Waals surface area contributed by atoms with Gasteiger partial charge in [0.25, 0.3) is 0 Å². The van der Waals surface area contributed by atoms with Crippen molar-refractivity contribution in [1.82, 2.24) is 20.1 Å². The molecule has 1 heterocycles. The van der Waals surface area contributed by atoms with Crippen LogP contribution in [0.5, 0.6) is 5.75 Å². The summed E-state index contributed by atoms with van der Waals surface area (Å²) in [6.07, 6.45) is -0.448. The fourth-order valence-corrected chi connectivity index (χ4v) is 1.22. The second kappa shape index (κ2) is 7.37. The molecule has 2 aromatic rings. The van der Waals surface area contributed by atoms with Crippen LogP contribution >= 0.6 is 15.9 Å². The number of hydrogen-bond acceptors (Lipinski definition) is 4. The molecular formula is C11H13BrN4O3. The van der Waals surface area contributed by atoms with E-state index >= 15 is 0 Å². The number of H-pyrrole nitrogens is 1. The molecule has 7 nitrogen and oxygen atoms in total. The number of carbonyl (C=O) groups is 1.